The summed E-state index contributed by atoms with van der Waals surface area (Å²) in [7, 11) is -4.17. The molecule has 0 radical (unpaired) electrons. The minimum Gasteiger partial charge on any atom is -0.379 e. The van der Waals surface area contributed by atoms with Crippen LogP contribution >= 0.6 is 23.2 Å². The maximum Gasteiger partial charge on any atom is 0.274 e. The van der Waals surface area contributed by atoms with Crippen molar-refractivity contribution in [2.75, 3.05) is 26.3 Å². The number of halogens is 3. The van der Waals surface area contributed by atoms with E-state index in [2.05, 4.69) is 6.08 Å². The molecule has 0 N–H and O–H groups in total. The Morgan fingerprint density at radius 3 is 2.33 bits per heavy atom. The quantitative estimate of drug-likeness (QED) is 0.320. The lowest BCUT2D eigenvalue weighted by Crippen LogP contribution is -2.41. The third-order valence-corrected chi connectivity index (χ3v) is 10.3. The molecule has 0 aromatic heterocycles. The second kappa shape index (κ2) is 11.9. The van der Waals surface area contributed by atoms with Gasteiger partial charge in [-0.15, -0.1) is 0 Å². The molecule has 1 saturated heterocycles. The summed E-state index contributed by atoms with van der Waals surface area (Å²) < 4.78 is 48.0. The summed E-state index contributed by atoms with van der Waals surface area (Å²) in [5.74, 6) is -1.51. The monoisotopic (exact) mass is 627 g/mol. The molecule has 1 aliphatic carbocycles. The van der Waals surface area contributed by atoms with Gasteiger partial charge < -0.3 is 4.74 Å². The highest BCUT2D eigenvalue weighted by Crippen LogP contribution is 2.45. The van der Waals surface area contributed by atoms with Crippen LogP contribution < -0.4 is 0 Å². The van der Waals surface area contributed by atoms with Crippen molar-refractivity contribution < 1.29 is 22.3 Å². The van der Waals surface area contributed by atoms with Crippen molar-refractivity contribution in [3.8, 4) is 0 Å². The third kappa shape index (κ3) is 5.64. The first-order chi connectivity index (χ1) is 20.2. The summed E-state index contributed by atoms with van der Waals surface area (Å²) in [5, 5.41) is 7.50. The first-order valence-electron chi connectivity index (χ1n) is 13.7. The smallest absolute Gasteiger partial charge is 0.274 e. The number of ether oxygens (including phenoxy) is 1. The molecule has 3 aromatic rings. The van der Waals surface area contributed by atoms with Crippen LogP contribution in [0.25, 0.3) is 6.08 Å². The van der Waals surface area contributed by atoms with Gasteiger partial charge in [0.2, 0.25) is 10.0 Å². The molecule has 7 nitrogen and oxygen atoms in total. The zero-order valence-electron chi connectivity index (χ0n) is 22.5. The fraction of sp³-hybridized carbons (Fsp3) is 0.290. The highest BCUT2D eigenvalue weighted by Gasteiger charge is 2.44. The van der Waals surface area contributed by atoms with Crippen LogP contribution in [0.3, 0.4) is 0 Å². The molecule has 2 aliphatic heterocycles. The van der Waals surface area contributed by atoms with Crippen molar-refractivity contribution in [2.45, 2.75) is 30.2 Å². The van der Waals surface area contributed by atoms with Gasteiger partial charge >= 0.3 is 0 Å². The van der Waals surface area contributed by atoms with Gasteiger partial charge in [-0.1, -0.05) is 47.5 Å². The van der Waals surface area contributed by atoms with Crippen molar-refractivity contribution in [3.05, 3.63) is 105 Å². The predicted octanol–water partition coefficient (Wildman–Crippen LogP) is 6.59. The number of hydrogen-bond acceptors (Lipinski definition) is 5. The van der Waals surface area contributed by atoms with E-state index in [-0.39, 0.29) is 37.8 Å². The normalized spacial score (nSPS) is 22.2. The molecule has 0 spiro atoms. The van der Waals surface area contributed by atoms with Crippen LogP contribution in [0, 0.1) is 11.7 Å². The molecule has 11 heteroatoms. The van der Waals surface area contributed by atoms with Gasteiger partial charge in [0.15, 0.2) is 0 Å². The highest BCUT2D eigenvalue weighted by atomic mass is 35.5. The van der Waals surface area contributed by atoms with Crippen LogP contribution in [0.1, 0.15) is 46.8 Å². The van der Waals surface area contributed by atoms with E-state index >= 15 is 0 Å². The Hall–Kier alpha value is -3.08. The molecule has 218 valence electrons. The largest absolute Gasteiger partial charge is 0.379 e. The van der Waals surface area contributed by atoms with E-state index in [1.165, 1.54) is 15.4 Å². The molecule has 1 saturated carbocycles. The Morgan fingerprint density at radius 2 is 1.64 bits per heavy atom. The molecule has 3 aromatic carbocycles. The van der Waals surface area contributed by atoms with Gasteiger partial charge in [-0.2, -0.15) is 9.41 Å². The van der Waals surface area contributed by atoms with Gasteiger partial charge in [0.25, 0.3) is 5.91 Å². The summed E-state index contributed by atoms with van der Waals surface area (Å²) in [6, 6.07) is 17.8. The Kier molecular flexibility index (Phi) is 8.22. The van der Waals surface area contributed by atoms with E-state index in [0.717, 1.165) is 53.8 Å². The zero-order valence-corrected chi connectivity index (χ0v) is 24.9. The van der Waals surface area contributed by atoms with Crippen LogP contribution in [0.5, 0.6) is 0 Å². The summed E-state index contributed by atoms with van der Waals surface area (Å²) in [4.78, 5) is 13.6. The number of fused-ring (bicyclic) bond motifs is 1. The fourth-order valence-corrected chi connectivity index (χ4v) is 7.56. The lowest BCUT2D eigenvalue weighted by atomic mass is 9.77. The number of hydrazone groups is 1. The maximum absolute atomic E-state index is 14.9. The maximum atomic E-state index is 14.9. The summed E-state index contributed by atoms with van der Waals surface area (Å²) in [6.07, 6.45) is 4.59. The molecule has 6 rings (SSSR count). The van der Waals surface area contributed by atoms with E-state index in [1.54, 1.807) is 12.1 Å². The first-order valence-corrected chi connectivity index (χ1v) is 15.9. The molecule has 0 bridgehead atoms. The molecule has 0 unspecified atom stereocenters. The van der Waals surface area contributed by atoms with Gasteiger partial charge in [0.05, 0.1) is 25.0 Å². The van der Waals surface area contributed by atoms with Crippen molar-refractivity contribution in [1.82, 2.24) is 9.31 Å². The molecule has 2 fully saturated rings. The Bertz CT molecular complexity index is 1670. The lowest BCUT2D eigenvalue weighted by Gasteiger charge is -2.30. The number of nitrogens with zero attached hydrogens (tertiary/aromatic N) is 3. The average Bonchev–Trinajstić information content (AvgIpc) is 3.39. The van der Waals surface area contributed by atoms with E-state index in [4.69, 9.17) is 33.0 Å². The van der Waals surface area contributed by atoms with Gasteiger partial charge in [0, 0.05) is 34.6 Å². The van der Waals surface area contributed by atoms with E-state index in [0.29, 0.717) is 10.0 Å². The minimum absolute atomic E-state index is 0.0356. The van der Waals surface area contributed by atoms with Crippen LogP contribution in [0.2, 0.25) is 10.0 Å². The highest BCUT2D eigenvalue weighted by molar-refractivity contribution is 7.89. The summed E-state index contributed by atoms with van der Waals surface area (Å²) in [5.41, 5.74) is 3.70. The van der Waals surface area contributed by atoms with E-state index in [9.17, 15) is 17.6 Å². The Morgan fingerprint density at radius 1 is 0.976 bits per heavy atom. The second-order valence-corrected chi connectivity index (χ2v) is 13.3. The van der Waals surface area contributed by atoms with Gasteiger partial charge in [-0.3, -0.25) is 4.79 Å². The van der Waals surface area contributed by atoms with Gasteiger partial charge in [-0.05, 0) is 84.5 Å². The number of morpholine rings is 1. The number of allylic oxidation sites excluding steroid dienone is 1. The second-order valence-electron chi connectivity index (χ2n) is 10.5. The lowest BCUT2D eigenvalue weighted by molar-refractivity contribution is 0.0680. The zero-order chi connectivity index (χ0) is 29.4. The molecule has 3 aliphatic rings. The SMILES string of the molecule is O=C(c1ccc(F)c(S(=O)(=O)N2CCOCC2)c1)N1N=C2/C(=C\c3ccc(Cl)cc3)CCC[C@H]2[C@H]1c1ccc(Cl)cc1. The van der Waals surface area contributed by atoms with Crippen molar-refractivity contribution in [1.29, 1.82) is 0 Å². The van der Waals surface area contributed by atoms with E-state index < -0.39 is 32.7 Å². The number of sulfonamides is 1. The van der Waals surface area contributed by atoms with Crippen LogP contribution in [0.15, 0.2) is 82.3 Å². The van der Waals surface area contributed by atoms with E-state index in [1.807, 2.05) is 36.4 Å². The third-order valence-electron chi connectivity index (χ3n) is 7.90. The molecular weight excluding hydrogens is 600 g/mol. The van der Waals surface area contributed by atoms with Gasteiger partial charge in [-0.25, -0.2) is 17.8 Å². The topological polar surface area (TPSA) is 79.3 Å². The van der Waals surface area contributed by atoms with Crippen LogP contribution in [0.4, 0.5) is 4.39 Å². The average molecular weight is 629 g/mol. The molecule has 2 atom stereocenters. The first kappa shape index (κ1) is 29.0. The molecular formula is C31H28Cl2FN3O4S. The number of hydrogen-bond donors (Lipinski definition) is 0. The molecule has 42 heavy (non-hydrogen) atoms. The van der Waals surface area contributed by atoms with Crippen LogP contribution in [-0.2, 0) is 14.8 Å². The van der Waals surface area contributed by atoms with Gasteiger partial charge in [0.1, 0.15) is 10.7 Å². The molecule has 1 amide bonds. The number of carbonyl (C=O) groups is 1. The number of carbonyl (C=O) groups excluding carboxylic acids is 1. The number of rotatable bonds is 5. The molecule has 2 heterocycles. The fourth-order valence-electron chi connectivity index (χ4n) is 5.81. The summed E-state index contributed by atoms with van der Waals surface area (Å²) >= 11 is 12.3. The van der Waals surface area contributed by atoms with Crippen LogP contribution in [-0.4, -0.2) is 55.7 Å². The summed E-state index contributed by atoms with van der Waals surface area (Å²) in [6.45, 7) is 0.674. The Labute approximate surface area is 254 Å². The van der Waals surface area contributed by atoms with Crippen molar-refractivity contribution >= 4 is 50.9 Å². The van der Waals surface area contributed by atoms with Crippen molar-refractivity contribution in [2.24, 2.45) is 11.0 Å². The minimum atomic E-state index is -4.17. The standard InChI is InChI=1S/C31H28Cl2FN3O4S/c32-24-9-4-20(5-10-24)18-22-2-1-3-26-29(22)35-37(30(26)21-6-11-25(33)12-7-21)31(38)23-8-13-27(34)28(19-23)42(39,40)36-14-16-41-17-15-36/h4-13,18-19,26,30H,1-3,14-17H2/b22-18-/t26-,30-/m1/s1. The Balaban J connectivity index is 1.40. The number of amides is 1. The predicted molar refractivity (Wildman–Crippen MR) is 161 cm³/mol. The van der Waals surface area contributed by atoms with Crippen molar-refractivity contribution in [3.63, 3.8) is 0 Å². The number of benzene rings is 3.